The van der Waals surface area contributed by atoms with Crippen LogP contribution in [0.3, 0.4) is 0 Å². The second-order valence-electron chi connectivity index (χ2n) is 7.03. The number of hydrogen-bond acceptors (Lipinski definition) is 2. The maximum atomic E-state index is 12.0. The smallest absolute Gasteiger partial charge is 0.221 e. The molecule has 0 saturated heterocycles. The SMILES string of the molecule is CC(Cc1ccc(Br)cc1)NC(=O)CC(N)CC(C)(C)C. The molecule has 1 aromatic carbocycles. The van der Waals surface area contributed by atoms with Gasteiger partial charge in [0.25, 0.3) is 0 Å². The van der Waals surface area contributed by atoms with Crippen LogP contribution in [0.15, 0.2) is 28.7 Å². The lowest BCUT2D eigenvalue weighted by Crippen LogP contribution is -2.38. The Hall–Kier alpha value is -0.870. The zero-order chi connectivity index (χ0) is 16.0. The highest BCUT2D eigenvalue weighted by Gasteiger charge is 2.18. The van der Waals surface area contributed by atoms with E-state index in [1.165, 1.54) is 5.56 Å². The van der Waals surface area contributed by atoms with Gasteiger partial charge in [-0.15, -0.1) is 0 Å². The van der Waals surface area contributed by atoms with E-state index in [4.69, 9.17) is 5.73 Å². The molecule has 3 N–H and O–H groups in total. The Balaban J connectivity index is 2.38. The number of carbonyl (C=O) groups is 1. The molecule has 1 rings (SSSR count). The number of nitrogens with two attached hydrogens (primary N) is 1. The van der Waals surface area contributed by atoms with Gasteiger partial charge >= 0.3 is 0 Å². The molecule has 0 radical (unpaired) electrons. The van der Waals surface area contributed by atoms with Crippen LogP contribution in [0.25, 0.3) is 0 Å². The summed E-state index contributed by atoms with van der Waals surface area (Å²) in [6, 6.07) is 8.20. The zero-order valence-electron chi connectivity index (χ0n) is 13.4. The second kappa shape index (κ2) is 7.95. The van der Waals surface area contributed by atoms with Gasteiger partial charge in [0.05, 0.1) is 0 Å². The molecule has 0 saturated carbocycles. The van der Waals surface area contributed by atoms with E-state index in [2.05, 4.69) is 54.2 Å². The van der Waals surface area contributed by atoms with E-state index in [1.54, 1.807) is 0 Å². The van der Waals surface area contributed by atoms with E-state index < -0.39 is 0 Å². The summed E-state index contributed by atoms with van der Waals surface area (Å²) in [5, 5.41) is 3.03. The van der Waals surface area contributed by atoms with Gasteiger partial charge in [-0.2, -0.15) is 0 Å². The molecule has 0 spiro atoms. The van der Waals surface area contributed by atoms with Crippen molar-refractivity contribution >= 4 is 21.8 Å². The topological polar surface area (TPSA) is 55.1 Å². The molecule has 21 heavy (non-hydrogen) atoms. The molecule has 2 unspecified atom stereocenters. The van der Waals surface area contributed by atoms with Crippen LogP contribution in [0.2, 0.25) is 0 Å². The van der Waals surface area contributed by atoms with Crippen molar-refractivity contribution in [3.8, 4) is 0 Å². The summed E-state index contributed by atoms with van der Waals surface area (Å²) in [4.78, 5) is 12.0. The van der Waals surface area contributed by atoms with Crippen LogP contribution >= 0.6 is 15.9 Å². The van der Waals surface area contributed by atoms with E-state index in [9.17, 15) is 4.79 Å². The molecule has 0 aliphatic carbocycles. The Bertz CT molecular complexity index is 451. The van der Waals surface area contributed by atoms with Gasteiger partial charge in [0.2, 0.25) is 5.91 Å². The van der Waals surface area contributed by atoms with Crippen molar-refractivity contribution in [3.63, 3.8) is 0 Å². The van der Waals surface area contributed by atoms with Crippen LogP contribution in [-0.2, 0) is 11.2 Å². The van der Waals surface area contributed by atoms with Gasteiger partial charge in [-0.1, -0.05) is 48.8 Å². The number of amides is 1. The predicted molar refractivity (Wildman–Crippen MR) is 92.1 cm³/mol. The Morgan fingerprint density at radius 3 is 2.38 bits per heavy atom. The van der Waals surface area contributed by atoms with Gasteiger partial charge in [0.1, 0.15) is 0 Å². The number of nitrogens with one attached hydrogen (secondary N) is 1. The predicted octanol–water partition coefficient (Wildman–Crippen LogP) is 3.65. The molecule has 0 aliphatic rings. The summed E-state index contributed by atoms with van der Waals surface area (Å²) in [7, 11) is 0. The lowest BCUT2D eigenvalue weighted by molar-refractivity contribution is -0.122. The number of halogens is 1. The van der Waals surface area contributed by atoms with Crippen molar-refractivity contribution < 1.29 is 4.79 Å². The molecule has 4 heteroatoms. The van der Waals surface area contributed by atoms with Crippen molar-refractivity contribution in [2.75, 3.05) is 0 Å². The minimum absolute atomic E-state index is 0.0383. The van der Waals surface area contributed by atoms with Crippen molar-refractivity contribution in [2.45, 2.75) is 59.0 Å². The van der Waals surface area contributed by atoms with Crippen molar-refractivity contribution in [1.82, 2.24) is 5.32 Å². The van der Waals surface area contributed by atoms with E-state index in [-0.39, 0.29) is 23.4 Å². The van der Waals surface area contributed by atoms with E-state index >= 15 is 0 Å². The molecule has 0 fully saturated rings. The molecule has 0 heterocycles. The summed E-state index contributed by atoms with van der Waals surface area (Å²) in [5.74, 6) is 0.0383. The van der Waals surface area contributed by atoms with Gasteiger partial charge in [-0.25, -0.2) is 0 Å². The summed E-state index contributed by atoms with van der Waals surface area (Å²) in [6.45, 7) is 8.44. The van der Waals surface area contributed by atoms with Crippen molar-refractivity contribution in [2.24, 2.45) is 11.1 Å². The Morgan fingerprint density at radius 2 is 1.86 bits per heavy atom. The highest BCUT2D eigenvalue weighted by atomic mass is 79.9. The van der Waals surface area contributed by atoms with Gasteiger partial charge < -0.3 is 11.1 Å². The zero-order valence-corrected chi connectivity index (χ0v) is 15.0. The molecule has 118 valence electrons. The first-order valence-corrected chi connectivity index (χ1v) is 8.24. The molecule has 1 aromatic rings. The maximum absolute atomic E-state index is 12.0. The number of carbonyl (C=O) groups excluding carboxylic acids is 1. The monoisotopic (exact) mass is 354 g/mol. The van der Waals surface area contributed by atoms with Crippen LogP contribution in [0.5, 0.6) is 0 Å². The number of hydrogen-bond donors (Lipinski definition) is 2. The van der Waals surface area contributed by atoms with E-state index in [1.807, 2.05) is 19.1 Å². The quantitative estimate of drug-likeness (QED) is 0.818. The van der Waals surface area contributed by atoms with Crippen LogP contribution < -0.4 is 11.1 Å². The highest BCUT2D eigenvalue weighted by molar-refractivity contribution is 9.10. The summed E-state index contributed by atoms with van der Waals surface area (Å²) < 4.78 is 1.07. The molecule has 3 nitrogen and oxygen atoms in total. The first kappa shape index (κ1) is 18.2. The fraction of sp³-hybridized carbons (Fsp3) is 0.588. The van der Waals surface area contributed by atoms with Crippen LogP contribution in [0.1, 0.15) is 46.1 Å². The van der Waals surface area contributed by atoms with Crippen molar-refractivity contribution in [3.05, 3.63) is 34.3 Å². The minimum atomic E-state index is -0.0788. The van der Waals surface area contributed by atoms with Crippen LogP contribution in [0, 0.1) is 5.41 Å². The van der Waals surface area contributed by atoms with Crippen LogP contribution in [-0.4, -0.2) is 18.0 Å². The molecular formula is C17H27BrN2O. The summed E-state index contributed by atoms with van der Waals surface area (Å²) >= 11 is 3.42. The average Bonchev–Trinajstić information content (AvgIpc) is 2.28. The normalized spacial score (nSPS) is 14.6. The lowest BCUT2D eigenvalue weighted by Gasteiger charge is -2.23. The highest BCUT2D eigenvalue weighted by Crippen LogP contribution is 2.21. The minimum Gasteiger partial charge on any atom is -0.353 e. The molecule has 1 amide bonds. The largest absolute Gasteiger partial charge is 0.353 e. The van der Waals surface area contributed by atoms with Gasteiger partial charge in [-0.3, -0.25) is 4.79 Å². The maximum Gasteiger partial charge on any atom is 0.221 e. The lowest BCUT2D eigenvalue weighted by atomic mass is 9.87. The molecule has 0 bridgehead atoms. The third-order valence-electron chi connectivity index (χ3n) is 3.18. The summed E-state index contributed by atoms with van der Waals surface area (Å²) in [5.41, 5.74) is 7.41. The Kier molecular flexibility index (Phi) is 6.88. The van der Waals surface area contributed by atoms with Gasteiger partial charge in [0, 0.05) is 23.0 Å². The molecule has 0 aliphatic heterocycles. The van der Waals surface area contributed by atoms with Crippen LogP contribution in [0.4, 0.5) is 0 Å². The third-order valence-corrected chi connectivity index (χ3v) is 3.71. The standard InChI is InChI=1S/C17H27BrN2O/c1-12(9-13-5-7-14(18)8-6-13)20-16(21)10-15(19)11-17(2,3)4/h5-8,12,15H,9-11,19H2,1-4H3,(H,20,21). The van der Waals surface area contributed by atoms with E-state index in [0.29, 0.717) is 6.42 Å². The number of benzene rings is 1. The number of rotatable bonds is 6. The second-order valence-corrected chi connectivity index (χ2v) is 7.94. The van der Waals surface area contributed by atoms with Gasteiger partial charge in [-0.05, 0) is 42.9 Å². The molecule has 2 atom stereocenters. The first-order chi connectivity index (χ1) is 9.65. The fourth-order valence-corrected chi connectivity index (χ4v) is 2.72. The third kappa shape index (κ3) is 8.22. The van der Waals surface area contributed by atoms with E-state index in [0.717, 1.165) is 17.3 Å². The average molecular weight is 355 g/mol. The van der Waals surface area contributed by atoms with Gasteiger partial charge in [0.15, 0.2) is 0 Å². The Morgan fingerprint density at radius 1 is 1.29 bits per heavy atom. The fourth-order valence-electron chi connectivity index (χ4n) is 2.46. The Labute approximate surface area is 136 Å². The summed E-state index contributed by atoms with van der Waals surface area (Å²) in [6.07, 6.45) is 2.07. The molecule has 0 aromatic heterocycles. The van der Waals surface area contributed by atoms with Crippen molar-refractivity contribution in [1.29, 1.82) is 0 Å². The first-order valence-electron chi connectivity index (χ1n) is 7.45. The molecular weight excluding hydrogens is 328 g/mol.